The van der Waals surface area contributed by atoms with Gasteiger partial charge in [0.15, 0.2) is 12.3 Å². The molecular formula is C15H10ClF4N3O4. The van der Waals surface area contributed by atoms with Crippen LogP contribution in [0.5, 0.6) is 5.75 Å². The number of alkyl halides is 3. The maximum atomic E-state index is 14.5. The summed E-state index contributed by atoms with van der Waals surface area (Å²) in [4.78, 5) is 23.7. The number of carboxylic acid groups (broad SMARTS) is 1. The molecule has 144 valence electrons. The van der Waals surface area contributed by atoms with Crippen LogP contribution in [0.1, 0.15) is 5.69 Å². The van der Waals surface area contributed by atoms with Gasteiger partial charge in [-0.2, -0.15) is 18.3 Å². The summed E-state index contributed by atoms with van der Waals surface area (Å²) in [7, 11) is 0.998. The highest BCUT2D eigenvalue weighted by molar-refractivity contribution is 6.33. The quantitative estimate of drug-likeness (QED) is 0.791. The molecule has 3 rings (SSSR count). The van der Waals surface area contributed by atoms with Crippen LogP contribution in [0.3, 0.4) is 0 Å². The Bertz CT molecular complexity index is 958. The summed E-state index contributed by atoms with van der Waals surface area (Å²) in [6, 6.07) is 1.82. The van der Waals surface area contributed by atoms with Gasteiger partial charge in [-0.1, -0.05) is 11.6 Å². The van der Waals surface area contributed by atoms with E-state index >= 15 is 0 Å². The Morgan fingerprint density at radius 1 is 1.41 bits per heavy atom. The number of amides is 1. The molecule has 1 aliphatic rings. The molecule has 0 atom stereocenters. The predicted octanol–water partition coefficient (Wildman–Crippen LogP) is 2.71. The average molecular weight is 408 g/mol. The van der Waals surface area contributed by atoms with Gasteiger partial charge in [0.25, 0.3) is 5.91 Å². The monoisotopic (exact) mass is 407 g/mol. The molecule has 0 saturated heterocycles. The number of carboxylic acids is 1. The number of ether oxygens (including phenoxy) is 1. The number of halogens is 5. The van der Waals surface area contributed by atoms with Crippen molar-refractivity contribution in [1.29, 1.82) is 0 Å². The molecule has 0 bridgehead atoms. The van der Waals surface area contributed by atoms with E-state index in [4.69, 9.17) is 21.4 Å². The van der Waals surface area contributed by atoms with Crippen LogP contribution < -0.4 is 9.64 Å². The van der Waals surface area contributed by atoms with Crippen LogP contribution in [0.4, 0.5) is 23.2 Å². The summed E-state index contributed by atoms with van der Waals surface area (Å²) in [5.74, 6) is -3.16. The van der Waals surface area contributed by atoms with Crippen LogP contribution in [0.2, 0.25) is 5.02 Å². The van der Waals surface area contributed by atoms with Gasteiger partial charge in [-0.05, 0) is 6.07 Å². The third-order valence-electron chi connectivity index (χ3n) is 3.80. The minimum absolute atomic E-state index is 0.111. The van der Waals surface area contributed by atoms with Crippen molar-refractivity contribution in [1.82, 2.24) is 9.78 Å². The lowest BCUT2D eigenvalue weighted by molar-refractivity contribution is -0.143. The number of fused-ring (bicyclic) bond motifs is 1. The third kappa shape index (κ3) is 3.29. The first-order chi connectivity index (χ1) is 12.5. The molecule has 1 aromatic carbocycles. The molecule has 1 aromatic heterocycles. The molecule has 1 aliphatic heterocycles. The number of carbonyl (C=O) groups excluding carboxylic acids is 1. The summed E-state index contributed by atoms with van der Waals surface area (Å²) < 4.78 is 59.3. The average Bonchev–Trinajstić information content (AvgIpc) is 2.84. The maximum Gasteiger partial charge on any atom is 0.434 e. The molecule has 2 aromatic rings. The fraction of sp³-hybridized carbons (Fsp3) is 0.267. The van der Waals surface area contributed by atoms with Crippen LogP contribution >= 0.6 is 11.6 Å². The largest absolute Gasteiger partial charge is 0.481 e. The molecule has 1 amide bonds. The number of anilines is 1. The Kier molecular flexibility index (Phi) is 4.50. The van der Waals surface area contributed by atoms with Crippen LogP contribution in [-0.2, 0) is 22.8 Å². The number of carbonyl (C=O) groups is 2. The van der Waals surface area contributed by atoms with Crippen LogP contribution in [0.25, 0.3) is 11.3 Å². The molecule has 0 aliphatic carbocycles. The number of aliphatic carboxylic acids is 1. The van der Waals surface area contributed by atoms with Gasteiger partial charge in [0.1, 0.15) is 23.8 Å². The van der Waals surface area contributed by atoms with E-state index in [-0.39, 0.29) is 11.4 Å². The summed E-state index contributed by atoms with van der Waals surface area (Å²) in [6.45, 7) is -1.23. The van der Waals surface area contributed by atoms with Crippen molar-refractivity contribution in [2.24, 2.45) is 7.05 Å². The van der Waals surface area contributed by atoms with Gasteiger partial charge in [-0.15, -0.1) is 0 Å². The molecule has 27 heavy (non-hydrogen) atoms. The second-order valence-electron chi connectivity index (χ2n) is 5.59. The van der Waals surface area contributed by atoms with Crippen LogP contribution in [0.15, 0.2) is 12.1 Å². The second kappa shape index (κ2) is 6.41. The minimum Gasteiger partial charge on any atom is -0.481 e. The van der Waals surface area contributed by atoms with Crippen molar-refractivity contribution in [3.63, 3.8) is 0 Å². The van der Waals surface area contributed by atoms with E-state index in [2.05, 4.69) is 5.10 Å². The number of hydrogen-bond donors (Lipinski definition) is 1. The zero-order valence-corrected chi connectivity index (χ0v) is 14.2. The summed E-state index contributed by atoms with van der Waals surface area (Å²) in [6.07, 6.45) is -4.82. The van der Waals surface area contributed by atoms with Gasteiger partial charge in [0.2, 0.25) is 0 Å². The highest BCUT2D eigenvalue weighted by Gasteiger charge is 2.40. The zero-order valence-electron chi connectivity index (χ0n) is 13.5. The molecule has 2 heterocycles. The second-order valence-corrected chi connectivity index (χ2v) is 5.97. The number of aromatic nitrogens is 2. The van der Waals surface area contributed by atoms with Gasteiger partial charge in [0, 0.05) is 18.7 Å². The normalized spacial score (nSPS) is 14.1. The highest BCUT2D eigenvalue weighted by atomic mass is 35.5. The lowest BCUT2D eigenvalue weighted by Crippen LogP contribution is -2.42. The Labute approximate surface area is 153 Å². The Hall–Kier alpha value is -2.82. The van der Waals surface area contributed by atoms with E-state index < -0.39 is 59.0 Å². The van der Waals surface area contributed by atoms with Crippen LogP contribution in [0, 0.1) is 5.82 Å². The third-order valence-corrected chi connectivity index (χ3v) is 4.16. The van der Waals surface area contributed by atoms with Crippen molar-refractivity contribution in [2.45, 2.75) is 6.18 Å². The number of benzene rings is 1. The summed E-state index contributed by atoms with van der Waals surface area (Å²) >= 11 is 5.78. The van der Waals surface area contributed by atoms with E-state index in [1.54, 1.807) is 0 Å². The van der Waals surface area contributed by atoms with E-state index in [9.17, 15) is 27.2 Å². The van der Waals surface area contributed by atoms with Crippen molar-refractivity contribution in [3.05, 3.63) is 28.7 Å². The first-order valence-corrected chi connectivity index (χ1v) is 7.67. The lowest BCUT2D eigenvalue weighted by Gasteiger charge is -2.28. The smallest absolute Gasteiger partial charge is 0.434 e. The Balaban J connectivity index is 2.18. The maximum absolute atomic E-state index is 14.5. The number of rotatable bonds is 3. The van der Waals surface area contributed by atoms with E-state index in [1.807, 2.05) is 0 Å². The van der Waals surface area contributed by atoms with Gasteiger partial charge >= 0.3 is 12.1 Å². The SMILES string of the molecule is Cn1nc(-c2cc3c(cc2F)OCC(=O)N3CC(=O)O)c(Cl)c1C(F)(F)F. The molecule has 0 radical (unpaired) electrons. The summed E-state index contributed by atoms with van der Waals surface area (Å²) in [5, 5.41) is 11.8. The molecule has 0 unspecified atom stereocenters. The van der Waals surface area contributed by atoms with E-state index in [1.165, 1.54) is 0 Å². The van der Waals surface area contributed by atoms with Gasteiger partial charge in [-0.25, -0.2) is 4.39 Å². The molecule has 1 N–H and O–H groups in total. The summed E-state index contributed by atoms with van der Waals surface area (Å²) in [5.41, 5.74) is -2.31. The Morgan fingerprint density at radius 2 is 2.07 bits per heavy atom. The van der Waals surface area contributed by atoms with Crippen LogP contribution in [-0.4, -0.2) is 39.9 Å². The van der Waals surface area contributed by atoms with Crippen molar-refractivity contribution < 1.29 is 37.0 Å². The minimum atomic E-state index is -4.82. The number of hydrogen-bond acceptors (Lipinski definition) is 4. The highest BCUT2D eigenvalue weighted by Crippen LogP contribution is 2.43. The topological polar surface area (TPSA) is 84.7 Å². The molecular weight excluding hydrogens is 398 g/mol. The number of aryl methyl sites for hydroxylation is 1. The molecule has 0 spiro atoms. The first-order valence-electron chi connectivity index (χ1n) is 7.29. The molecule has 0 fully saturated rings. The predicted molar refractivity (Wildman–Crippen MR) is 84.1 cm³/mol. The fourth-order valence-electron chi connectivity index (χ4n) is 2.69. The molecule has 12 heteroatoms. The van der Waals surface area contributed by atoms with E-state index in [0.717, 1.165) is 24.1 Å². The van der Waals surface area contributed by atoms with Gasteiger partial charge < -0.3 is 9.84 Å². The standard InChI is InChI=1S/C15H10ClF4N3O4/c1-22-14(15(18,19)20)12(16)13(21-22)6-2-8-9(3-7(6)17)27-5-10(24)23(8)4-11(25)26/h2-3H,4-5H2,1H3,(H,25,26). The lowest BCUT2D eigenvalue weighted by atomic mass is 10.1. The van der Waals surface area contributed by atoms with Crippen molar-refractivity contribution in [3.8, 4) is 17.0 Å². The number of nitrogens with zero attached hydrogens (tertiary/aromatic N) is 3. The van der Waals surface area contributed by atoms with Gasteiger partial charge in [0.05, 0.1) is 10.7 Å². The fourth-order valence-corrected chi connectivity index (χ4v) is 3.06. The molecule has 0 saturated carbocycles. The van der Waals surface area contributed by atoms with Gasteiger partial charge in [-0.3, -0.25) is 19.2 Å². The van der Waals surface area contributed by atoms with E-state index in [0.29, 0.717) is 4.68 Å². The molecule has 7 nitrogen and oxygen atoms in total. The zero-order chi connectivity index (χ0) is 20.1. The first kappa shape index (κ1) is 19.0. The van der Waals surface area contributed by atoms with Crippen molar-refractivity contribution >= 4 is 29.2 Å². The Morgan fingerprint density at radius 3 is 2.63 bits per heavy atom. The van der Waals surface area contributed by atoms with Crippen molar-refractivity contribution in [2.75, 3.05) is 18.1 Å².